The highest BCUT2D eigenvalue weighted by Gasteiger charge is 2.67. The van der Waals surface area contributed by atoms with Crippen LogP contribution < -0.4 is 19.7 Å². The monoisotopic (exact) mass is 506 g/mol. The molecule has 1 N–H and O–H groups in total. The Kier molecular flexibility index (Phi) is 5.15. The standard InChI is InChI=1S/C31H26N2O5/c1-37-20-10-12-22(13-11-20)38-21-8-4-18(5-9-21)32-29(34)17-2-6-19(7-3-17)33-30(35)27-23-14-15-24(26-16-25(23)26)28(27)31(33)36/h2-15,23-28H,16H2,1H3,(H,32,34)/t23-,24-,25-,26+,27+,28-/m1/s1. The normalized spacial score (nSPS) is 28.1. The number of hydrogen-bond donors (Lipinski definition) is 1. The van der Waals surface area contributed by atoms with Crippen LogP contribution in [0.25, 0.3) is 0 Å². The molecule has 0 spiro atoms. The van der Waals surface area contributed by atoms with Crippen molar-refractivity contribution in [2.24, 2.45) is 35.5 Å². The molecule has 3 amide bonds. The molecule has 0 unspecified atom stereocenters. The molecule has 4 aliphatic carbocycles. The number of nitrogens with one attached hydrogen (secondary N) is 1. The molecule has 38 heavy (non-hydrogen) atoms. The van der Waals surface area contributed by atoms with Crippen LogP contribution in [0.2, 0.25) is 0 Å². The molecule has 190 valence electrons. The Morgan fingerprint density at radius 3 is 1.84 bits per heavy atom. The lowest BCUT2D eigenvalue weighted by molar-refractivity contribution is -0.124. The van der Waals surface area contributed by atoms with Gasteiger partial charge in [0.2, 0.25) is 11.8 Å². The molecular formula is C31H26N2O5. The van der Waals surface area contributed by atoms with Crippen molar-refractivity contribution < 1.29 is 23.9 Å². The van der Waals surface area contributed by atoms with E-state index in [1.165, 1.54) is 4.90 Å². The quantitative estimate of drug-likeness (QED) is 0.362. The Bertz CT molecular complexity index is 1430. The number of nitrogens with zero attached hydrogens (tertiary/aromatic N) is 1. The molecule has 3 fully saturated rings. The molecule has 8 rings (SSSR count). The molecule has 2 saturated carbocycles. The number of ether oxygens (including phenoxy) is 2. The fraction of sp³-hybridized carbons (Fsp3) is 0.258. The number of carbonyl (C=O) groups is 3. The van der Waals surface area contributed by atoms with Crippen molar-refractivity contribution in [2.45, 2.75) is 6.42 Å². The zero-order valence-electron chi connectivity index (χ0n) is 20.7. The van der Waals surface area contributed by atoms with E-state index >= 15 is 0 Å². The minimum absolute atomic E-state index is 0.0983. The van der Waals surface area contributed by atoms with Crippen LogP contribution in [0.3, 0.4) is 0 Å². The fourth-order valence-electron chi connectivity index (χ4n) is 6.56. The maximum Gasteiger partial charge on any atom is 0.255 e. The molecular weight excluding hydrogens is 480 g/mol. The topological polar surface area (TPSA) is 84.9 Å². The third kappa shape index (κ3) is 3.61. The Morgan fingerprint density at radius 2 is 1.29 bits per heavy atom. The number of rotatable bonds is 6. The SMILES string of the molecule is COc1ccc(Oc2ccc(NC(=O)c3ccc(N4C(=O)[C@@H]5[C@@H]6C=C[C@H]([C@H]7C[C@@H]67)[C@@H]5C4=O)cc3)cc2)cc1. The first-order valence-corrected chi connectivity index (χ1v) is 12.9. The van der Waals surface area contributed by atoms with Crippen LogP contribution in [-0.2, 0) is 9.59 Å². The molecule has 3 aromatic rings. The summed E-state index contributed by atoms with van der Waals surface area (Å²) in [5.41, 5.74) is 1.59. The number of benzene rings is 3. The van der Waals surface area contributed by atoms with Gasteiger partial charge in [-0.25, -0.2) is 0 Å². The van der Waals surface area contributed by atoms with E-state index in [0.717, 1.165) is 12.2 Å². The van der Waals surface area contributed by atoms with E-state index in [2.05, 4.69) is 17.5 Å². The zero-order valence-corrected chi connectivity index (χ0v) is 20.7. The summed E-state index contributed by atoms with van der Waals surface area (Å²) < 4.78 is 11.0. The Morgan fingerprint density at radius 1 is 0.763 bits per heavy atom. The highest BCUT2D eigenvalue weighted by molar-refractivity contribution is 6.22. The molecule has 3 aromatic carbocycles. The van der Waals surface area contributed by atoms with Gasteiger partial charge in [0.05, 0.1) is 24.6 Å². The van der Waals surface area contributed by atoms with E-state index in [-0.39, 0.29) is 41.4 Å². The van der Waals surface area contributed by atoms with Crippen molar-refractivity contribution in [3.63, 3.8) is 0 Å². The molecule has 1 heterocycles. The summed E-state index contributed by atoms with van der Waals surface area (Å²) in [6, 6.07) is 21.0. The molecule has 1 saturated heterocycles. The van der Waals surface area contributed by atoms with Crippen LogP contribution >= 0.6 is 0 Å². The van der Waals surface area contributed by atoms with Crippen molar-refractivity contribution in [1.82, 2.24) is 0 Å². The Balaban J connectivity index is 1.01. The lowest BCUT2D eigenvalue weighted by Gasteiger charge is -2.37. The van der Waals surface area contributed by atoms with Gasteiger partial charge >= 0.3 is 0 Å². The van der Waals surface area contributed by atoms with Crippen LogP contribution in [0.4, 0.5) is 11.4 Å². The number of carbonyl (C=O) groups excluding carboxylic acids is 3. The van der Waals surface area contributed by atoms with Crippen LogP contribution in [0.1, 0.15) is 16.8 Å². The van der Waals surface area contributed by atoms with Gasteiger partial charge in [0, 0.05) is 11.3 Å². The maximum absolute atomic E-state index is 13.3. The van der Waals surface area contributed by atoms with Crippen LogP contribution in [0.15, 0.2) is 84.9 Å². The van der Waals surface area contributed by atoms with Crippen LogP contribution in [-0.4, -0.2) is 24.8 Å². The number of hydrogen-bond acceptors (Lipinski definition) is 5. The van der Waals surface area contributed by atoms with E-state index in [1.54, 1.807) is 55.6 Å². The lowest BCUT2D eigenvalue weighted by Crippen LogP contribution is -2.40. The van der Waals surface area contributed by atoms with Crippen molar-refractivity contribution >= 4 is 29.1 Å². The van der Waals surface area contributed by atoms with Crippen molar-refractivity contribution in [2.75, 3.05) is 17.3 Å². The summed E-state index contributed by atoms with van der Waals surface area (Å²) in [5.74, 6) is 2.63. The molecule has 6 atom stereocenters. The third-order valence-corrected chi connectivity index (χ3v) is 8.46. The van der Waals surface area contributed by atoms with Gasteiger partial charge in [0.25, 0.3) is 5.91 Å². The van der Waals surface area contributed by atoms with E-state index < -0.39 is 0 Å². The molecule has 2 bridgehead atoms. The predicted molar refractivity (Wildman–Crippen MR) is 141 cm³/mol. The number of allylic oxidation sites excluding steroid dienone is 2. The summed E-state index contributed by atoms with van der Waals surface area (Å²) >= 11 is 0. The molecule has 5 aliphatic rings. The highest BCUT2D eigenvalue weighted by atomic mass is 16.5. The van der Waals surface area contributed by atoms with Gasteiger partial charge in [-0.2, -0.15) is 0 Å². The second-order valence-electron chi connectivity index (χ2n) is 10.5. The van der Waals surface area contributed by atoms with E-state index in [0.29, 0.717) is 40.3 Å². The number of methoxy groups -OCH3 is 1. The number of amides is 3. The van der Waals surface area contributed by atoms with E-state index in [9.17, 15) is 14.4 Å². The summed E-state index contributed by atoms with van der Waals surface area (Å²) in [7, 11) is 1.61. The van der Waals surface area contributed by atoms with Crippen molar-refractivity contribution in [1.29, 1.82) is 0 Å². The Hall–Kier alpha value is -4.39. The zero-order chi connectivity index (χ0) is 26.0. The fourth-order valence-corrected chi connectivity index (χ4v) is 6.56. The smallest absolute Gasteiger partial charge is 0.255 e. The lowest BCUT2D eigenvalue weighted by atomic mass is 9.63. The first-order chi connectivity index (χ1) is 18.5. The van der Waals surface area contributed by atoms with Gasteiger partial charge in [0.1, 0.15) is 17.2 Å². The average Bonchev–Trinajstić information content (AvgIpc) is 3.73. The first-order valence-electron chi connectivity index (χ1n) is 12.9. The molecule has 0 radical (unpaired) electrons. The van der Waals surface area contributed by atoms with Gasteiger partial charge in [-0.05, 0) is 103 Å². The summed E-state index contributed by atoms with van der Waals surface area (Å²) in [5, 5.41) is 2.87. The minimum Gasteiger partial charge on any atom is -0.497 e. The molecule has 7 nitrogen and oxygen atoms in total. The van der Waals surface area contributed by atoms with Gasteiger partial charge in [-0.3, -0.25) is 19.3 Å². The van der Waals surface area contributed by atoms with Gasteiger partial charge in [0.15, 0.2) is 0 Å². The number of imide groups is 1. The highest BCUT2D eigenvalue weighted by Crippen LogP contribution is 2.65. The Labute approximate surface area is 220 Å². The largest absolute Gasteiger partial charge is 0.497 e. The summed E-state index contributed by atoms with van der Waals surface area (Å²) in [4.78, 5) is 40.8. The summed E-state index contributed by atoms with van der Waals surface area (Å²) in [6.07, 6.45) is 5.47. The first kappa shape index (κ1) is 22.8. The van der Waals surface area contributed by atoms with E-state index in [4.69, 9.17) is 9.47 Å². The van der Waals surface area contributed by atoms with E-state index in [1.807, 2.05) is 24.3 Å². The van der Waals surface area contributed by atoms with Gasteiger partial charge in [-0.1, -0.05) is 12.2 Å². The summed E-state index contributed by atoms with van der Waals surface area (Å²) in [6.45, 7) is 0. The second kappa shape index (κ2) is 8.58. The maximum atomic E-state index is 13.3. The third-order valence-electron chi connectivity index (χ3n) is 8.46. The van der Waals surface area contributed by atoms with Crippen molar-refractivity contribution in [3.8, 4) is 17.2 Å². The molecule has 0 aromatic heterocycles. The van der Waals surface area contributed by atoms with Gasteiger partial charge in [-0.15, -0.1) is 0 Å². The number of anilines is 2. The molecule has 1 aliphatic heterocycles. The minimum atomic E-state index is -0.282. The second-order valence-corrected chi connectivity index (χ2v) is 10.5. The average molecular weight is 507 g/mol. The van der Waals surface area contributed by atoms with Crippen LogP contribution in [0, 0.1) is 35.5 Å². The predicted octanol–water partition coefficient (Wildman–Crippen LogP) is 5.30. The molecule has 7 heteroatoms. The van der Waals surface area contributed by atoms with Gasteiger partial charge < -0.3 is 14.8 Å². The van der Waals surface area contributed by atoms with Crippen molar-refractivity contribution in [3.05, 3.63) is 90.5 Å². The van der Waals surface area contributed by atoms with Crippen LogP contribution in [0.5, 0.6) is 17.2 Å².